The lowest BCUT2D eigenvalue weighted by Crippen LogP contribution is -2.20. The molecule has 0 unspecified atom stereocenters. The average molecular weight is 386 g/mol. The van der Waals surface area contributed by atoms with Crippen molar-refractivity contribution in [3.8, 4) is 16.9 Å². The Bertz CT molecular complexity index is 1300. The van der Waals surface area contributed by atoms with E-state index in [9.17, 15) is 9.90 Å². The van der Waals surface area contributed by atoms with Gasteiger partial charge < -0.3 is 5.11 Å². The first-order chi connectivity index (χ1) is 13.6. The third-order valence-electron chi connectivity index (χ3n) is 5.15. The molecule has 3 heterocycles. The number of nitrogens with zero attached hydrogens (tertiary/aromatic N) is 2. The van der Waals surface area contributed by atoms with Gasteiger partial charge in [-0.1, -0.05) is 42.5 Å². The van der Waals surface area contributed by atoms with E-state index in [4.69, 9.17) is 4.98 Å². The molecule has 0 bridgehead atoms. The Morgan fingerprint density at radius 1 is 1.14 bits per heavy atom. The SMILES string of the molecule is Cc1sc2nc3n(c(=O)c2c1-c1ccccc1)CC/C3=C\c1cccc(O)c1. The Hall–Kier alpha value is -3.18. The Labute approximate surface area is 166 Å². The van der Waals surface area contributed by atoms with Gasteiger partial charge in [-0.15, -0.1) is 11.3 Å². The fraction of sp³-hybridized carbons (Fsp3) is 0.130. The number of hydrogen-bond acceptors (Lipinski definition) is 4. The zero-order chi connectivity index (χ0) is 19.3. The van der Waals surface area contributed by atoms with Crippen molar-refractivity contribution >= 4 is 33.2 Å². The summed E-state index contributed by atoms with van der Waals surface area (Å²) in [5, 5.41) is 10.4. The Kier molecular flexibility index (Phi) is 3.91. The van der Waals surface area contributed by atoms with Crippen molar-refractivity contribution in [2.45, 2.75) is 19.9 Å². The molecule has 5 heteroatoms. The summed E-state index contributed by atoms with van der Waals surface area (Å²) < 4.78 is 1.79. The van der Waals surface area contributed by atoms with Crippen molar-refractivity contribution in [2.24, 2.45) is 0 Å². The molecule has 138 valence electrons. The minimum atomic E-state index is 0.0301. The van der Waals surface area contributed by atoms with E-state index < -0.39 is 0 Å². The van der Waals surface area contributed by atoms with Crippen molar-refractivity contribution in [3.05, 3.63) is 81.2 Å². The largest absolute Gasteiger partial charge is 0.508 e. The maximum atomic E-state index is 13.3. The van der Waals surface area contributed by atoms with E-state index in [1.165, 1.54) is 0 Å². The van der Waals surface area contributed by atoms with E-state index >= 15 is 0 Å². The lowest BCUT2D eigenvalue weighted by atomic mass is 10.0. The monoisotopic (exact) mass is 386 g/mol. The van der Waals surface area contributed by atoms with Crippen LogP contribution in [0.5, 0.6) is 5.75 Å². The molecule has 2 aromatic carbocycles. The molecule has 0 amide bonds. The van der Waals surface area contributed by atoms with Gasteiger partial charge in [-0.3, -0.25) is 9.36 Å². The maximum absolute atomic E-state index is 13.3. The molecule has 1 aliphatic heterocycles. The second kappa shape index (κ2) is 6.46. The van der Waals surface area contributed by atoms with Gasteiger partial charge in [0.2, 0.25) is 0 Å². The second-order valence-corrected chi connectivity index (χ2v) is 8.19. The van der Waals surface area contributed by atoms with E-state index in [0.29, 0.717) is 6.54 Å². The van der Waals surface area contributed by atoms with E-state index in [1.807, 2.05) is 55.5 Å². The van der Waals surface area contributed by atoms with Crippen molar-refractivity contribution in [3.63, 3.8) is 0 Å². The molecule has 0 radical (unpaired) electrons. The highest BCUT2D eigenvalue weighted by Crippen LogP contribution is 2.37. The molecule has 0 saturated heterocycles. The van der Waals surface area contributed by atoms with Gasteiger partial charge in [0.15, 0.2) is 0 Å². The third kappa shape index (κ3) is 2.67. The highest BCUT2D eigenvalue weighted by Gasteiger charge is 2.24. The lowest BCUT2D eigenvalue weighted by molar-refractivity contribution is 0.475. The predicted octanol–water partition coefficient (Wildman–Crippen LogP) is 5.08. The molecule has 0 atom stereocenters. The number of allylic oxidation sites excluding steroid dienone is 1. The van der Waals surface area contributed by atoms with E-state index in [1.54, 1.807) is 28.0 Å². The van der Waals surface area contributed by atoms with Crippen molar-refractivity contribution in [2.75, 3.05) is 0 Å². The molecule has 0 spiro atoms. The van der Waals surface area contributed by atoms with E-state index in [2.05, 4.69) is 0 Å². The Morgan fingerprint density at radius 2 is 1.96 bits per heavy atom. The zero-order valence-electron chi connectivity index (χ0n) is 15.3. The molecule has 0 saturated carbocycles. The molecule has 1 aliphatic rings. The molecule has 2 aromatic heterocycles. The molecule has 0 aliphatic carbocycles. The van der Waals surface area contributed by atoms with Crippen molar-refractivity contribution in [1.82, 2.24) is 9.55 Å². The average Bonchev–Trinajstić information content (AvgIpc) is 3.24. The summed E-state index contributed by atoms with van der Waals surface area (Å²) in [7, 11) is 0. The number of benzene rings is 2. The van der Waals surface area contributed by atoms with Gasteiger partial charge >= 0.3 is 0 Å². The summed E-state index contributed by atoms with van der Waals surface area (Å²) in [6.45, 7) is 2.68. The highest BCUT2D eigenvalue weighted by atomic mass is 32.1. The highest BCUT2D eigenvalue weighted by molar-refractivity contribution is 7.19. The zero-order valence-corrected chi connectivity index (χ0v) is 16.2. The quantitative estimate of drug-likeness (QED) is 0.522. The van der Waals surface area contributed by atoms with Gasteiger partial charge in [-0.2, -0.15) is 0 Å². The molecular formula is C23H18N2O2S. The van der Waals surface area contributed by atoms with Crippen LogP contribution in [0.1, 0.15) is 22.7 Å². The van der Waals surface area contributed by atoms with Crippen LogP contribution in [-0.2, 0) is 6.54 Å². The van der Waals surface area contributed by atoms with Crippen LogP contribution in [0.25, 0.3) is 33.0 Å². The standard InChI is InChI=1S/C23H18N2O2S/c1-14-19(16-7-3-2-4-8-16)20-22(28-14)24-21-17(10-11-25(21)23(20)27)12-15-6-5-9-18(26)13-15/h2-9,12-13,26H,10-11H2,1H3/b17-12+. The summed E-state index contributed by atoms with van der Waals surface area (Å²) in [4.78, 5) is 20.1. The van der Waals surface area contributed by atoms with Crippen molar-refractivity contribution < 1.29 is 5.11 Å². The lowest BCUT2D eigenvalue weighted by Gasteiger charge is -2.05. The molecule has 4 nitrogen and oxygen atoms in total. The van der Waals surface area contributed by atoms with Gasteiger partial charge in [0.05, 0.1) is 5.39 Å². The van der Waals surface area contributed by atoms with Crippen LogP contribution in [-0.4, -0.2) is 14.7 Å². The first kappa shape index (κ1) is 17.0. The summed E-state index contributed by atoms with van der Waals surface area (Å²) in [6.07, 6.45) is 2.77. The van der Waals surface area contributed by atoms with E-state index in [0.717, 1.165) is 49.6 Å². The van der Waals surface area contributed by atoms with Crippen LogP contribution < -0.4 is 5.56 Å². The van der Waals surface area contributed by atoms with Crippen LogP contribution in [0, 0.1) is 6.92 Å². The van der Waals surface area contributed by atoms with Gasteiger partial charge in [0.25, 0.3) is 5.56 Å². The minimum Gasteiger partial charge on any atom is -0.508 e. The summed E-state index contributed by atoms with van der Waals surface area (Å²) >= 11 is 1.57. The number of phenolic OH excluding ortho intramolecular Hbond substituents is 1. The number of aromatic hydroxyl groups is 1. The van der Waals surface area contributed by atoms with Crippen LogP contribution in [0.15, 0.2) is 59.4 Å². The smallest absolute Gasteiger partial charge is 0.263 e. The van der Waals surface area contributed by atoms with Gasteiger partial charge in [-0.05, 0) is 48.3 Å². The molecule has 1 N–H and O–H groups in total. The summed E-state index contributed by atoms with van der Waals surface area (Å²) in [5.41, 5.74) is 4.02. The Morgan fingerprint density at radius 3 is 2.75 bits per heavy atom. The van der Waals surface area contributed by atoms with Crippen LogP contribution >= 0.6 is 11.3 Å². The number of phenols is 1. The van der Waals surface area contributed by atoms with Gasteiger partial charge in [0, 0.05) is 17.0 Å². The number of aromatic nitrogens is 2. The third-order valence-corrected chi connectivity index (χ3v) is 6.15. The number of aryl methyl sites for hydroxylation is 1. The molecule has 4 aromatic rings. The number of thiophene rings is 1. The van der Waals surface area contributed by atoms with Crippen molar-refractivity contribution in [1.29, 1.82) is 0 Å². The predicted molar refractivity (Wildman–Crippen MR) is 115 cm³/mol. The maximum Gasteiger partial charge on any atom is 0.263 e. The minimum absolute atomic E-state index is 0.0301. The summed E-state index contributed by atoms with van der Waals surface area (Å²) in [6, 6.07) is 17.2. The number of hydrogen-bond donors (Lipinski definition) is 1. The molecule has 0 fully saturated rings. The fourth-order valence-electron chi connectivity index (χ4n) is 3.90. The second-order valence-electron chi connectivity index (χ2n) is 6.99. The number of rotatable bonds is 2. The fourth-order valence-corrected chi connectivity index (χ4v) is 4.93. The van der Waals surface area contributed by atoms with Crippen LogP contribution in [0.4, 0.5) is 0 Å². The van der Waals surface area contributed by atoms with Gasteiger partial charge in [0.1, 0.15) is 16.4 Å². The van der Waals surface area contributed by atoms with E-state index in [-0.39, 0.29) is 11.3 Å². The van der Waals surface area contributed by atoms with Crippen LogP contribution in [0.2, 0.25) is 0 Å². The van der Waals surface area contributed by atoms with Crippen LogP contribution in [0.3, 0.4) is 0 Å². The van der Waals surface area contributed by atoms with Gasteiger partial charge in [-0.25, -0.2) is 4.98 Å². The topological polar surface area (TPSA) is 55.1 Å². The molecule has 5 rings (SSSR count). The first-order valence-electron chi connectivity index (χ1n) is 9.21. The molecule has 28 heavy (non-hydrogen) atoms. The normalized spacial score (nSPS) is 14.7. The summed E-state index contributed by atoms with van der Waals surface area (Å²) in [5.74, 6) is 0.969. The Balaban J connectivity index is 1.71. The number of fused-ring (bicyclic) bond motifs is 2. The first-order valence-corrected chi connectivity index (χ1v) is 10.0. The molecular weight excluding hydrogens is 368 g/mol.